The van der Waals surface area contributed by atoms with Crippen molar-refractivity contribution in [3.8, 4) is 11.4 Å². The van der Waals surface area contributed by atoms with E-state index in [4.69, 9.17) is 4.98 Å². The predicted molar refractivity (Wildman–Crippen MR) is 130 cm³/mol. The van der Waals surface area contributed by atoms with E-state index >= 15 is 0 Å². The van der Waals surface area contributed by atoms with Crippen LogP contribution >= 0.6 is 0 Å². The predicted octanol–water partition coefficient (Wildman–Crippen LogP) is 5.20. The molecule has 32 heavy (non-hydrogen) atoms. The normalized spacial score (nSPS) is 18.7. The number of aromatic nitrogens is 2. The number of hydrogen-bond acceptors (Lipinski definition) is 3. The zero-order valence-electron chi connectivity index (χ0n) is 19.2. The molecule has 0 saturated carbocycles. The lowest BCUT2D eigenvalue weighted by molar-refractivity contribution is 0.0613. The zero-order valence-corrected chi connectivity index (χ0v) is 19.2. The van der Waals surface area contributed by atoms with Crippen LogP contribution in [-0.4, -0.2) is 57.5 Å². The summed E-state index contributed by atoms with van der Waals surface area (Å²) in [6.07, 6.45) is 9.34. The van der Waals surface area contributed by atoms with Crippen molar-refractivity contribution in [2.24, 2.45) is 0 Å². The lowest BCUT2D eigenvalue weighted by Gasteiger charge is -2.38. The number of piperidine rings is 1. The van der Waals surface area contributed by atoms with Crippen LogP contribution in [0.1, 0.15) is 55.9 Å². The molecule has 0 atom stereocenters. The Morgan fingerprint density at radius 2 is 1.66 bits per heavy atom. The monoisotopic (exact) mass is 430 g/mol. The van der Waals surface area contributed by atoms with Crippen LogP contribution in [0, 0.1) is 0 Å². The molecule has 2 fully saturated rings. The third-order valence-corrected chi connectivity index (χ3v) is 7.33. The first-order valence-corrected chi connectivity index (χ1v) is 12.3. The first-order valence-electron chi connectivity index (χ1n) is 12.3. The highest BCUT2D eigenvalue weighted by atomic mass is 16.2. The van der Waals surface area contributed by atoms with E-state index in [2.05, 4.69) is 58.9 Å². The Balaban J connectivity index is 1.34. The summed E-state index contributed by atoms with van der Waals surface area (Å²) < 4.78 is 2.09. The van der Waals surface area contributed by atoms with Gasteiger partial charge in [0.25, 0.3) is 5.91 Å². The zero-order chi connectivity index (χ0) is 21.9. The molecular formula is C27H34N4O. The van der Waals surface area contributed by atoms with E-state index < -0.39 is 0 Å². The maximum atomic E-state index is 13.5. The molecule has 3 heterocycles. The molecule has 0 spiro atoms. The van der Waals surface area contributed by atoms with E-state index in [1.165, 1.54) is 49.5 Å². The first kappa shape index (κ1) is 21.2. The van der Waals surface area contributed by atoms with Gasteiger partial charge in [0, 0.05) is 31.2 Å². The molecule has 2 aliphatic heterocycles. The maximum absolute atomic E-state index is 13.5. The van der Waals surface area contributed by atoms with Gasteiger partial charge >= 0.3 is 0 Å². The smallest absolute Gasteiger partial charge is 0.272 e. The van der Waals surface area contributed by atoms with Crippen molar-refractivity contribution >= 4 is 16.7 Å². The fraction of sp³-hybridized carbons (Fsp3) is 0.481. The lowest BCUT2D eigenvalue weighted by atomic mass is 10.0. The van der Waals surface area contributed by atoms with Gasteiger partial charge < -0.3 is 14.4 Å². The molecule has 5 nitrogen and oxygen atoms in total. The number of rotatable bonds is 4. The molecule has 1 amide bonds. The van der Waals surface area contributed by atoms with E-state index in [-0.39, 0.29) is 5.91 Å². The molecule has 0 bridgehead atoms. The van der Waals surface area contributed by atoms with Crippen LogP contribution < -0.4 is 0 Å². The molecule has 0 aliphatic carbocycles. The van der Waals surface area contributed by atoms with E-state index in [0.29, 0.717) is 11.7 Å². The van der Waals surface area contributed by atoms with Crippen molar-refractivity contribution in [3.05, 3.63) is 54.4 Å². The molecule has 3 aromatic rings. The highest BCUT2D eigenvalue weighted by molar-refractivity contribution is 5.97. The molecule has 2 aliphatic rings. The minimum absolute atomic E-state index is 0.125. The second kappa shape index (κ2) is 9.45. The Kier molecular flexibility index (Phi) is 6.26. The number of amides is 1. The van der Waals surface area contributed by atoms with Gasteiger partial charge in [0.05, 0.1) is 6.20 Å². The second-order valence-corrected chi connectivity index (χ2v) is 9.21. The number of benzene rings is 2. The van der Waals surface area contributed by atoms with Crippen LogP contribution in [0.15, 0.2) is 48.7 Å². The third kappa shape index (κ3) is 4.06. The first-order chi connectivity index (χ1) is 15.8. The number of imidazole rings is 1. The van der Waals surface area contributed by atoms with Gasteiger partial charge in [-0.15, -0.1) is 0 Å². The van der Waals surface area contributed by atoms with Crippen molar-refractivity contribution in [1.29, 1.82) is 0 Å². The number of nitrogens with zero attached hydrogens (tertiary/aromatic N) is 4. The maximum Gasteiger partial charge on any atom is 0.272 e. The van der Waals surface area contributed by atoms with Crippen LogP contribution in [-0.2, 0) is 6.54 Å². The Morgan fingerprint density at radius 3 is 2.41 bits per heavy atom. The van der Waals surface area contributed by atoms with E-state index in [1.807, 2.05) is 4.90 Å². The molecule has 0 radical (unpaired) electrons. The molecule has 0 unspecified atom stereocenters. The van der Waals surface area contributed by atoms with Crippen LogP contribution in [0.3, 0.4) is 0 Å². The van der Waals surface area contributed by atoms with Gasteiger partial charge in [0.15, 0.2) is 0 Å². The summed E-state index contributed by atoms with van der Waals surface area (Å²) in [5, 5.41) is 2.37. The SMILES string of the molecule is CCn1c(C(=O)N2CCC(N3CCCCCC3)CC2)cnc1-c1cccc2ccccc12. The fourth-order valence-corrected chi connectivity index (χ4v) is 5.56. The second-order valence-electron chi connectivity index (χ2n) is 9.21. The number of carbonyl (C=O) groups excluding carboxylic acids is 1. The summed E-state index contributed by atoms with van der Waals surface area (Å²) >= 11 is 0. The Labute approximate surface area is 191 Å². The molecule has 5 heteroatoms. The van der Waals surface area contributed by atoms with Gasteiger partial charge in [-0.05, 0) is 56.5 Å². The number of carbonyl (C=O) groups is 1. The largest absolute Gasteiger partial charge is 0.337 e. The third-order valence-electron chi connectivity index (χ3n) is 7.33. The van der Waals surface area contributed by atoms with Gasteiger partial charge in [-0.1, -0.05) is 55.3 Å². The minimum Gasteiger partial charge on any atom is -0.337 e. The number of hydrogen-bond donors (Lipinski definition) is 0. The van der Waals surface area contributed by atoms with Crippen LogP contribution in [0.25, 0.3) is 22.2 Å². The van der Waals surface area contributed by atoms with E-state index in [0.717, 1.165) is 43.9 Å². The van der Waals surface area contributed by atoms with Crippen molar-refractivity contribution in [3.63, 3.8) is 0 Å². The molecule has 2 saturated heterocycles. The van der Waals surface area contributed by atoms with Gasteiger partial charge in [-0.25, -0.2) is 4.98 Å². The average Bonchev–Trinajstić information content (AvgIpc) is 3.08. The van der Waals surface area contributed by atoms with Crippen LogP contribution in [0.5, 0.6) is 0 Å². The van der Waals surface area contributed by atoms with Gasteiger partial charge in [0.1, 0.15) is 11.5 Å². The Hall–Kier alpha value is -2.66. The standard InChI is InChI=1S/C27H34N4O/c1-2-31-25(20-28-26(31)24-13-9-11-21-10-5-6-12-23(21)24)27(32)30-18-14-22(15-19-30)29-16-7-3-4-8-17-29/h5-6,9-13,20,22H,2-4,7-8,14-19H2,1H3. The quantitative estimate of drug-likeness (QED) is 0.571. The summed E-state index contributed by atoms with van der Waals surface area (Å²) in [5.41, 5.74) is 1.80. The summed E-state index contributed by atoms with van der Waals surface area (Å²) in [6.45, 7) is 6.98. The molecule has 2 aromatic carbocycles. The highest BCUT2D eigenvalue weighted by Crippen LogP contribution is 2.29. The lowest BCUT2D eigenvalue weighted by Crippen LogP contribution is -2.47. The molecular weight excluding hydrogens is 396 g/mol. The van der Waals surface area contributed by atoms with Crippen LogP contribution in [0.2, 0.25) is 0 Å². The molecule has 168 valence electrons. The Morgan fingerprint density at radius 1 is 0.938 bits per heavy atom. The van der Waals surface area contributed by atoms with Crippen molar-refractivity contribution in [1.82, 2.24) is 19.4 Å². The van der Waals surface area contributed by atoms with Gasteiger partial charge in [-0.3, -0.25) is 4.79 Å². The fourth-order valence-electron chi connectivity index (χ4n) is 5.56. The van der Waals surface area contributed by atoms with Crippen molar-refractivity contribution in [2.45, 2.75) is 58.0 Å². The molecule has 5 rings (SSSR count). The summed E-state index contributed by atoms with van der Waals surface area (Å²) in [5.74, 6) is 1.01. The molecule has 1 aromatic heterocycles. The van der Waals surface area contributed by atoms with Crippen LogP contribution in [0.4, 0.5) is 0 Å². The summed E-state index contributed by atoms with van der Waals surface area (Å²) in [6, 6.07) is 15.3. The van der Waals surface area contributed by atoms with Crippen molar-refractivity contribution < 1.29 is 4.79 Å². The summed E-state index contributed by atoms with van der Waals surface area (Å²) in [4.78, 5) is 22.9. The van der Waals surface area contributed by atoms with Gasteiger partial charge in [-0.2, -0.15) is 0 Å². The molecule has 0 N–H and O–H groups in total. The average molecular weight is 431 g/mol. The number of fused-ring (bicyclic) bond motifs is 1. The van der Waals surface area contributed by atoms with E-state index in [1.54, 1.807) is 6.20 Å². The Bertz CT molecular complexity index is 1070. The van der Waals surface area contributed by atoms with E-state index in [9.17, 15) is 4.79 Å². The topological polar surface area (TPSA) is 41.4 Å². The van der Waals surface area contributed by atoms with Gasteiger partial charge in [0.2, 0.25) is 0 Å². The van der Waals surface area contributed by atoms with Crippen molar-refractivity contribution in [2.75, 3.05) is 26.2 Å². The minimum atomic E-state index is 0.125. The summed E-state index contributed by atoms with van der Waals surface area (Å²) in [7, 11) is 0. The number of likely N-dealkylation sites (tertiary alicyclic amines) is 2. The highest BCUT2D eigenvalue weighted by Gasteiger charge is 2.29.